The van der Waals surface area contributed by atoms with Crippen molar-refractivity contribution in [3.05, 3.63) is 63.9 Å². The Balaban J connectivity index is 2.16. The first-order valence-electron chi connectivity index (χ1n) is 6.87. The van der Waals surface area contributed by atoms with E-state index in [1.807, 2.05) is 37.4 Å². The van der Waals surface area contributed by atoms with Gasteiger partial charge in [0.2, 0.25) is 0 Å². The van der Waals surface area contributed by atoms with E-state index in [2.05, 4.69) is 21.2 Å². The maximum Gasteiger partial charge on any atom is 0.126 e. The van der Waals surface area contributed by atoms with Gasteiger partial charge in [0.15, 0.2) is 0 Å². The molecule has 0 bridgehead atoms. The predicted octanol–water partition coefficient (Wildman–Crippen LogP) is 3.97. The molecule has 4 heteroatoms. The summed E-state index contributed by atoms with van der Waals surface area (Å²) in [6, 6.07) is 13.0. The number of likely N-dealkylation sites (N-methyl/N-ethyl adjacent to an activating group) is 1. The molecule has 0 aromatic heterocycles. The summed E-state index contributed by atoms with van der Waals surface area (Å²) in [7, 11) is 3.56. The zero-order valence-electron chi connectivity index (χ0n) is 12.2. The summed E-state index contributed by atoms with van der Waals surface area (Å²) in [6.45, 7) is 0. The lowest BCUT2D eigenvalue weighted by atomic mass is 9.98. The van der Waals surface area contributed by atoms with Crippen LogP contribution in [0.3, 0.4) is 0 Å². The van der Waals surface area contributed by atoms with E-state index >= 15 is 0 Å². The van der Waals surface area contributed by atoms with Crippen molar-refractivity contribution in [2.45, 2.75) is 18.9 Å². The number of rotatable bonds is 6. The average Bonchev–Trinajstić information content (AvgIpc) is 2.49. The summed E-state index contributed by atoms with van der Waals surface area (Å²) in [4.78, 5) is 0. The van der Waals surface area contributed by atoms with Crippen LogP contribution < -0.4 is 10.1 Å². The largest absolute Gasteiger partial charge is 0.496 e. The zero-order chi connectivity index (χ0) is 15.2. The molecule has 21 heavy (non-hydrogen) atoms. The van der Waals surface area contributed by atoms with Crippen LogP contribution >= 0.6 is 15.9 Å². The van der Waals surface area contributed by atoms with Crippen LogP contribution in [0.15, 0.2) is 46.9 Å². The Labute approximate surface area is 133 Å². The van der Waals surface area contributed by atoms with Crippen LogP contribution in [-0.2, 0) is 12.8 Å². The molecule has 2 nitrogen and oxygen atoms in total. The Hall–Kier alpha value is -1.39. The molecule has 0 saturated heterocycles. The molecule has 2 aromatic carbocycles. The molecule has 1 atom stereocenters. The lowest BCUT2D eigenvalue weighted by Gasteiger charge is -2.18. The fourth-order valence-electron chi connectivity index (χ4n) is 2.38. The van der Waals surface area contributed by atoms with Crippen LogP contribution in [0.2, 0.25) is 0 Å². The Morgan fingerprint density at radius 1 is 1.14 bits per heavy atom. The minimum Gasteiger partial charge on any atom is -0.496 e. The first-order valence-corrected chi connectivity index (χ1v) is 7.66. The fourth-order valence-corrected chi connectivity index (χ4v) is 2.79. The Kier molecular flexibility index (Phi) is 5.76. The first-order chi connectivity index (χ1) is 10.1. The minimum atomic E-state index is -0.154. The van der Waals surface area contributed by atoms with Crippen LogP contribution in [0.1, 0.15) is 11.1 Å². The van der Waals surface area contributed by atoms with Crippen molar-refractivity contribution < 1.29 is 9.13 Å². The van der Waals surface area contributed by atoms with Crippen molar-refractivity contribution in [2.75, 3.05) is 14.2 Å². The minimum absolute atomic E-state index is 0.144. The molecule has 0 radical (unpaired) electrons. The molecule has 0 aliphatic carbocycles. The highest BCUT2D eigenvalue weighted by Gasteiger charge is 2.14. The fraction of sp³-hybridized carbons (Fsp3) is 0.294. The maximum atomic E-state index is 13.8. The summed E-state index contributed by atoms with van der Waals surface area (Å²) in [5.41, 5.74) is 1.83. The summed E-state index contributed by atoms with van der Waals surface area (Å²) < 4.78 is 20.2. The highest BCUT2D eigenvalue weighted by Crippen LogP contribution is 2.25. The van der Waals surface area contributed by atoms with E-state index in [0.717, 1.165) is 27.8 Å². The number of hydrogen-bond donors (Lipinski definition) is 1. The van der Waals surface area contributed by atoms with E-state index in [-0.39, 0.29) is 11.9 Å². The third-order valence-corrected chi connectivity index (χ3v) is 4.03. The van der Waals surface area contributed by atoms with E-state index in [1.165, 1.54) is 6.07 Å². The molecule has 2 rings (SSSR count). The number of methoxy groups -OCH3 is 1. The molecule has 0 aliphatic heterocycles. The molecule has 0 heterocycles. The van der Waals surface area contributed by atoms with Crippen LogP contribution in [0.25, 0.3) is 0 Å². The van der Waals surface area contributed by atoms with Gasteiger partial charge in [-0.15, -0.1) is 0 Å². The van der Waals surface area contributed by atoms with Gasteiger partial charge in [0.1, 0.15) is 11.6 Å². The average molecular weight is 352 g/mol. The monoisotopic (exact) mass is 351 g/mol. The summed E-state index contributed by atoms with van der Waals surface area (Å²) in [6.07, 6.45) is 1.41. The first kappa shape index (κ1) is 16.0. The SMILES string of the molecule is CNC(Cc1ccccc1F)Cc1cc(Br)ccc1OC. The van der Waals surface area contributed by atoms with Crippen LogP contribution in [0.5, 0.6) is 5.75 Å². The summed E-state index contributed by atoms with van der Waals surface area (Å²) >= 11 is 3.48. The molecular weight excluding hydrogens is 333 g/mol. The van der Waals surface area contributed by atoms with Gasteiger partial charge in [0, 0.05) is 10.5 Å². The van der Waals surface area contributed by atoms with Gasteiger partial charge in [-0.2, -0.15) is 0 Å². The third kappa shape index (κ3) is 4.29. The standard InChI is InChI=1S/C17H19BrFNO/c1-20-15(10-12-5-3-4-6-16(12)19)11-13-9-14(18)7-8-17(13)21-2/h3-9,15,20H,10-11H2,1-2H3. The number of benzene rings is 2. The van der Waals surface area contributed by atoms with Crippen LogP contribution in [0, 0.1) is 5.82 Å². The van der Waals surface area contributed by atoms with Crippen molar-refractivity contribution in [2.24, 2.45) is 0 Å². The number of ether oxygens (including phenoxy) is 1. The van der Waals surface area contributed by atoms with Crippen molar-refractivity contribution in [1.82, 2.24) is 5.32 Å². The van der Waals surface area contributed by atoms with E-state index in [4.69, 9.17) is 4.74 Å². The third-order valence-electron chi connectivity index (χ3n) is 3.54. The number of hydrogen-bond acceptors (Lipinski definition) is 2. The summed E-state index contributed by atoms with van der Waals surface area (Å²) in [5.74, 6) is 0.700. The Bertz CT molecular complexity index is 603. The molecule has 0 amide bonds. The van der Waals surface area contributed by atoms with Gasteiger partial charge < -0.3 is 10.1 Å². The van der Waals surface area contributed by atoms with E-state index in [9.17, 15) is 4.39 Å². The lowest BCUT2D eigenvalue weighted by Crippen LogP contribution is -2.30. The highest BCUT2D eigenvalue weighted by molar-refractivity contribution is 9.10. The Morgan fingerprint density at radius 3 is 2.52 bits per heavy atom. The van der Waals surface area contributed by atoms with Crippen molar-refractivity contribution in [3.63, 3.8) is 0 Å². The number of nitrogens with one attached hydrogen (secondary N) is 1. The predicted molar refractivity (Wildman–Crippen MR) is 87.3 cm³/mol. The smallest absolute Gasteiger partial charge is 0.126 e. The molecular formula is C17H19BrFNO. The number of halogens is 2. The van der Waals surface area contributed by atoms with Gasteiger partial charge in [-0.1, -0.05) is 34.1 Å². The molecule has 0 fully saturated rings. The molecule has 2 aromatic rings. The molecule has 0 spiro atoms. The summed E-state index contributed by atoms with van der Waals surface area (Å²) in [5, 5.41) is 3.26. The normalized spacial score (nSPS) is 12.2. The second-order valence-corrected chi connectivity index (χ2v) is 5.86. The van der Waals surface area contributed by atoms with Gasteiger partial charge in [-0.25, -0.2) is 4.39 Å². The van der Waals surface area contributed by atoms with Crippen LogP contribution in [0.4, 0.5) is 4.39 Å². The van der Waals surface area contributed by atoms with E-state index < -0.39 is 0 Å². The van der Waals surface area contributed by atoms with Gasteiger partial charge in [-0.05, 0) is 55.3 Å². The molecule has 112 valence electrons. The molecule has 1 unspecified atom stereocenters. The quantitative estimate of drug-likeness (QED) is 0.850. The second-order valence-electron chi connectivity index (χ2n) is 4.94. The topological polar surface area (TPSA) is 21.3 Å². The van der Waals surface area contributed by atoms with Crippen molar-refractivity contribution in [1.29, 1.82) is 0 Å². The maximum absolute atomic E-state index is 13.8. The van der Waals surface area contributed by atoms with Gasteiger partial charge in [0.05, 0.1) is 7.11 Å². The molecule has 0 aliphatic rings. The van der Waals surface area contributed by atoms with E-state index in [0.29, 0.717) is 6.42 Å². The zero-order valence-corrected chi connectivity index (χ0v) is 13.8. The van der Waals surface area contributed by atoms with E-state index in [1.54, 1.807) is 13.2 Å². The Morgan fingerprint density at radius 2 is 1.86 bits per heavy atom. The molecule has 1 N–H and O–H groups in total. The second kappa shape index (κ2) is 7.57. The van der Waals surface area contributed by atoms with Gasteiger partial charge >= 0.3 is 0 Å². The molecule has 0 saturated carbocycles. The van der Waals surface area contributed by atoms with Crippen molar-refractivity contribution in [3.8, 4) is 5.75 Å². The van der Waals surface area contributed by atoms with Gasteiger partial charge in [0.25, 0.3) is 0 Å². The van der Waals surface area contributed by atoms with Crippen molar-refractivity contribution >= 4 is 15.9 Å². The van der Waals surface area contributed by atoms with Gasteiger partial charge in [-0.3, -0.25) is 0 Å². The lowest BCUT2D eigenvalue weighted by molar-refractivity contribution is 0.405. The highest BCUT2D eigenvalue weighted by atomic mass is 79.9. The van der Waals surface area contributed by atoms with Crippen LogP contribution in [-0.4, -0.2) is 20.2 Å².